The summed E-state index contributed by atoms with van der Waals surface area (Å²) in [7, 11) is 1.98. The van der Waals surface area contributed by atoms with Crippen LogP contribution in [-0.2, 0) is 18.3 Å². The van der Waals surface area contributed by atoms with E-state index in [0.717, 1.165) is 36.3 Å². The SMILES string of the molecule is Cc1cc(C(=O)N2CCCN(C(=O)CCc3cccs3)CC2)c(C)n1C. The summed E-state index contributed by atoms with van der Waals surface area (Å²) in [6, 6.07) is 6.06. The van der Waals surface area contributed by atoms with Crippen LogP contribution in [0.2, 0.25) is 0 Å². The van der Waals surface area contributed by atoms with E-state index in [0.29, 0.717) is 26.1 Å². The minimum Gasteiger partial charge on any atom is -0.351 e. The van der Waals surface area contributed by atoms with Crippen LogP contribution in [0, 0.1) is 13.8 Å². The highest BCUT2D eigenvalue weighted by Gasteiger charge is 2.24. The molecular formula is C20H27N3O2S. The monoisotopic (exact) mass is 373 g/mol. The van der Waals surface area contributed by atoms with Crippen molar-refractivity contribution in [2.75, 3.05) is 26.2 Å². The summed E-state index contributed by atoms with van der Waals surface area (Å²) in [5.74, 6) is 0.276. The standard InChI is InChI=1S/C20H27N3O2S/c1-15-14-18(16(2)21(15)3)20(25)23-10-5-9-22(11-12-23)19(24)8-7-17-6-4-13-26-17/h4,6,13-14H,5,7-12H2,1-3H3. The zero-order valence-electron chi connectivity index (χ0n) is 15.8. The lowest BCUT2D eigenvalue weighted by Crippen LogP contribution is -2.37. The molecule has 1 saturated heterocycles. The van der Waals surface area contributed by atoms with Crippen LogP contribution in [0.5, 0.6) is 0 Å². The quantitative estimate of drug-likeness (QED) is 0.827. The molecule has 6 heteroatoms. The molecule has 3 heterocycles. The smallest absolute Gasteiger partial charge is 0.255 e. The molecule has 1 aliphatic rings. The summed E-state index contributed by atoms with van der Waals surface area (Å²) in [6.07, 6.45) is 2.19. The second-order valence-corrected chi connectivity index (χ2v) is 7.98. The number of aryl methyl sites for hydroxylation is 2. The summed E-state index contributed by atoms with van der Waals surface area (Å²) in [4.78, 5) is 30.5. The molecule has 5 nitrogen and oxygen atoms in total. The molecule has 2 aromatic heterocycles. The number of nitrogens with zero attached hydrogens (tertiary/aromatic N) is 3. The molecule has 0 bridgehead atoms. The number of hydrogen-bond acceptors (Lipinski definition) is 3. The molecule has 0 aliphatic carbocycles. The molecule has 0 saturated carbocycles. The van der Waals surface area contributed by atoms with E-state index >= 15 is 0 Å². The van der Waals surface area contributed by atoms with Gasteiger partial charge in [-0.25, -0.2) is 0 Å². The van der Waals surface area contributed by atoms with E-state index in [-0.39, 0.29) is 11.8 Å². The van der Waals surface area contributed by atoms with Gasteiger partial charge in [-0.15, -0.1) is 11.3 Å². The molecule has 0 spiro atoms. The summed E-state index contributed by atoms with van der Waals surface area (Å²) in [5, 5.41) is 2.04. The Morgan fingerprint density at radius 1 is 1.12 bits per heavy atom. The van der Waals surface area contributed by atoms with Gasteiger partial charge in [0.25, 0.3) is 5.91 Å². The van der Waals surface area contributed by atoms with Crippen LogP contribution in [0.15, 0.2) is 23.6 Å². The van der Waals surface area contributed by atoms with Crippen molar-refractivity contribution in [2.45, 2.75) is 33.1 Å². The van der Waals surface area contributed by atoms with E-state index in [2.05, 4.69) is 6.07 Å². The van der Waals surface area contributed by atoms with Crippen LogP contribution in [0.4, 0.5) is 0 Å². The number of aromatic nitrogens is 1. The van der Waals surface area contributed by atoms with Crippen LogP contribution in [0.1, 0.15) is 39.5 Å². The van der Waals surface area contributed by atoms with E-state index in [4.69, 9.17) is 0 Å². The fourth-order valence-electron chi connectivity index (χ4n) is 3.46. The van der Waals surface area contributed by atoms with Crippen molar-refractivity contribution in [3.8, 4) is 0 Å². The van der Waals surface area contributed by atoms with Crippen LogP contribution < -0.4 is 0 Å². The van der Waals surface area contributed by atoms with Crippen LogP contribution >= 0.6 is 11.3 Å². The Hall–Kier alpha value is -2.08. The number of amides is 2. The molecule has 2 aromatic rings. The Balaban J connectivity index is 1.58. The maximum atomic E-state index is 12.9. The first-order valence-electron chi connectivity index (χ1n) is 9.19. The fraction of sp³-hybridized carbons (Fsp3) is 0.500. The van der Waals surface area contributed by atoms with Crippen LogP contribution in [0.3, 0.4) is 0 Å². The molecular weight excluding hydrogens is 346 g/mol. The van der Waals surface area contributed by atoms with E-state index < -0.39 is 0 Å². The van der Waals surface area contributed by atoms with Gasteiger partial charge < -0.3 is 14.4 Å². The van der Waals surface area contributed by atoms with E-state index in [1.165, 1.54) is 4.88 Å². The van der Waals surface area contributed by atoms with Gasteiger partial charge in [-0.05, 0) is 44.2 Å². The molecule has 1 fully saturated rings. The first kappa shape index (κ1) is 18.7. The number of rotatable bonds is 4. The first-order valence-corrected chi connectivity index (χ1v) is 10.1. The van der Waals surface area contributed by atoms with Gasteiger partial charge >= 0.3 is 0 Å². The third kappa shape index (κ3) is 4.01. The third-order valence-electron chi connectivity index (χ3n) is 5.31. The van der Waals surface area contributed by atoms with Crippen molar-refractivity contribution >= 4 is 23.2 Å². The maximum Gasteiger partial charge on any atom is 0.255 e. The summed E-state index contributed by atoms with van der Waals surface area (Å²) < 4.78 is 2.05. The zero-order valence-corrected chi connectivity index (χ0v) is 16.6. The lowest BCUT2D eigenvalue weighted by atomic mass is 10.2. The summed E-state index contributed by atoms with van der Waals surface area (Å²) >= 11 is 1.70. The van der Waals surface area contributed by atoms with Gasteiger partial charge in [-0.3, -0.25) is 9.59 Å². The van der Waals surface area contributed by atoms with Crippen molar-refractivity contribution in [3.05, 3.63) is 45.4 Å². The lowest BCUT2D eigenvalue weighted by Gasteiger charge is -2.22. The molecule has 0 aromatic carbocycles. The highest BCUT2D eigenvalue weighted by Crippen LogP contribution is 2.18. The second kappa shape index (κ2) is 8.08. The second-order valence-electron chi connectivity index (χ2n) is 6.95. The fourth-order valence-corrected chi connectivity index (χ4v) is 4.16. The summed E-state index contributed by atoms with van der Waals surface area (Å²) in [6.45, 7) is 6.68. The van der Waals surface area contributed by atoms with Crippen molar-refractivity contribution in [3.63, 3.8) is 0 Å². The Bertz CT molecular complexity index is 779. The van der Waals surface area contributed by atoms with Crippen molar-refractivity contribution < 1.29 is 9.59 Å². The molecule has 2 amide bonds. The number of carbonyl (C=O) groups excluding carboxylic acids is 2. The Morgan fingerprint density at radius 2 is 1.85 bits per heavy atom. The topological polar surface area (TPSA) is 45.6 Å². The van der Waals surface area contributed by atoms with Crippen molar-refractivity contribution in [1.29, 1.82) is 0 Å². The molecule has 140 valence electrons. The summed E-state index contributed by atoms with van der Waals surface area (Å²) in [5.41, 5.74) is 2.87. The molecule has 0 atom stereocenters. The van der Waals surface area contributed by atoms with Gasteiger partial charge in [0.15, 0.2) is 0 Å². The van der Waals surface area contributed by atoms with Crippen LogP contribution in [0.25, 0.3) is 0 Å². The van der Waals surface area contributed by atoms with Gasteiger partial charge in [0.2, 0.25) is 5.91 Å². The third-order valence-corrected chi connectivity index (χ3v) is 6.24. The van der Waals surface area contributed by atoms with Crippen LogP contribution in [-0.4, -0.2) is 52.4 Å². The van der Waals surface area contributed by atoms with Gasteiger partial charge in [-0.1, -0.05) is 6.07 Å². The van der Waals surface area contributed by atoms with E-state index in [9.17, 15) is 9.59 Å². The number of carbonyl (C=O) groups is 2. The van der Waals surface area contributed by atoms with Gasteiger partial charge in [0.1, 0.15) is 0 Å². The normalized spacial score (nSPS) is 15.2. The minimum atomic E-state index is 0.0825. The minimum absolute atomic E-state index is 0.0825. The average molecular weight is 374 g/mol. The molecule has 1 aliphatic heterocycles. The van der Waals surface area contributed by atoms with Gasteiger partial charge in [-0.2, -0.15) is 0 Å². The maximum absolute atomic E-state index is 12.9. The van der Waals surface area contributed by atoms with Crippen molar-refractivity contribution in [2.24, 2.45) is 7.05 Å². The lowest BCUT2D eigenvalue weighted by molar-refractivity contribution is -0.131. The molecule has 0 unspecified atom stereocenters. The molecule has 0 N–H and O–H groups in total. The zero-order chi connectivity index (χ0) is 18.7. The predicted molar refractivity (Wildman–Crippen MR) is 105 cm³/mol. The average Bonchev–Trinajstić information content (AvgIpc) is 3.15. The largest absolute Gasteiger partial charge is 0.351 e. The van der Waals surface area contributed by atoms with Crippen molar-refractivity contribution in [1.82, 2.24) is 14.4 Å². The number of thiophene rings is 1. The molecule has 3 rings (SSSR count). The Labute approximate surface area is 159 Å². The van der Waals surface area contributed by atoms with Gasteiger partial charge in [0.05, 0.1) is 5.56 Å². The first-order chi connectivity index (χ1) is 12.5. The van der Waals surface area contributed by atoms with E-state index in [1.807, 2.05) is 52.8 Å². The predicted octanol–water partition coefficient (Wildman–Crippen LogP) is 3.01. The molecule has 26 heavy (non-hydrogen) atoms. The Kier molecular flexibility index (Phi) is 5.81. The molecule has 0 radical (unpaired) electrons. The highest BCUT2D eigenvalue weighted by molar-refractivity contribution is 7.09. The van der Waals surface area contributed by atoms with E-state index in [1.54, 1.807) is 11.3 Å². The Morgan fingerprint density at radius 3 is 2.50 bits per heavy atom. The van der Waals surface area contributed by atoms with Gasteiger partial charge in [0, 0.05) is 55.9 Å². The highest BCUT2D eigenvalue weighted by atomic mass is 32.1. The number of hydrogen-bond donors (Lipinski definition) is 0.